The Labute approximate surface area is 125 Å². The second-order valence-electron chi connectivity index (χ2n) is 6.34. The van der Waals surface area contributed by atoms with Crippen LogP contribution in [0.2, 0.25) is 0 Å². The van der Waals surface area contributed by atoms with Gasteiger partial charge in [0.1, 0.15) is 6.07 Å². The Morgan fingerprint density at radius 2 is 2.10 bits per heavy atom. The van der Waals surface area contributed by atoms with E-state index in [-0.39, 0.29) is 5.91 Å². The fourth-order valence-corrected chi connectivity index (χ4v) is 3.73. The SMILES string of the molecule is Cc1cccc(NC(=O)CC2CC3CCC(C2)N3)c1C#N. The summed E-state index contributed by atoms with van der Waals surface area (Å²) in [6, 6.07) is 8.95. The Hall–Kier alpha value is -1.86. The minimum atomic E-state index is 0.0309. The third-order valence-corrected chi connectivity index (χ3v) is 4.70. The molecule has 110 valence electrons. The molecule has 2 heterocycles. The van der Waals surface area contributed by atoms with Gasteiger partial charge < -0.3 is 10.6 Å². The number of anilines is 1. The monoisotopic (exact) mass is 283 g/mol. The summed E-state index contributed by atoms with van der Waals surface area (Å²) in [5.41, 5.74) is 2.10. The number of piperidine rings is 1. The molecule has 2 aliphatic rings. The molecule has 2 aliphatic heterocycles. The number of fused-ring (bicyclic) bond motifs is 2. The predicted molar refractivity (Wildman–Crippen MR) is 81.8 cm³/mol. The summed E-state index contributed by atoms with van der Waals surface area (Å²) >= 11 is 0. The van der Waals surface area contributed by atoms with Gasteiger partial charge in [-0.25, -0.2) is 0 Å². The summed E-state index contributed by atoms with van der Waals surface area (Å²) in [6.07, 6.45) is 5.26. The number of amides is 1. The lowest BCUT2D eigenvalue weighted by molar-refractivity contribution is -0.117. The first kappa shape index (κ1) is 14.1. The molecule has 0 radical (unpaired) electrons. The number of nitrogens with zero attached hydrogens (tertiary/aromatic N) is 1. The van der Waals surface area contributed by atoms with Gasteiger partial charge in [-0.05, 0) is 50.2 Å². The van der Waals surface area contributed by atoms with Crippen LogP contribution in [0.5, 0.6) is 0 Å². The van der Waals surface area contributed by atoms with Gasteiger partial charge in [0, 0.05) is 18.5 Å². The quantitative estimate of drug-likeness (QED) is 0.896. The molecule has 0 saturated carbocycles. The number of hydrogen-bond acceptors (Lipinski definition) is 3. The standard InChI is InChI=1S/C17H21N3O/c1-11-3-2-4-16(15(11)10-18)20-17(21)9-12-7-13-5-6-14(8-12)19-13/h2-4,12-14,19H,5-9H2,1H3,(H,20,21). The van der Waals surface area contributed by atoms with Crippen LogP contribution in [0, 0.1) is 24.2 Å². The van der Waals surface area contributed by atoms with Crippen LogP contribution in [-0.2, 0) is 4.79 Å². The lowest BCUT2D eigenvalue weighted by Crippen LogP contribution is -2.39. The van der Waals surface area contributed by atoms with Crippen molar-refractivity contribution in [3.8, 4) is 6.07 Å². The second-order valence-corrected chi connectivity index (χ2v) is 6.34. The highest BCUT2D eigenvalue weighted by Gasteiger charge is 2.34. The minimum absolute atomic E-state index is 0.0309. The molecule has 0 aliphatic carbocycles. The van der Waals surface area contributed by atoms with E-state index in [1.807, 2.05) is 19.1 Å². The van der Waals surface area contributed by atoms with Crippen LogP contribution in [0.25, 0.3) is 0 Å². The van der Waals surface area contributed by atoms with E-state index in [4.69, 9.17) is 0 Å². The molecule has 3 rings (SSSR count). The van der Waals surface area contributed by atoms with Gasteiger partial charge in [0.25, 0.3) is 0 Å². The van der Waals surface area contributed by atoms with Crippen LogP contribution >= 0.6 is 0 Å². The lowest BCUT2D eigenvalue weighted by Gasteiger charge is -2.28. The van der Waals surface area contributed by atoms with Crippen LogP contribution in [0.3, 0.4) is 0 Å². The maximum Gasteiger partial charge on any atom is 0.224 e. The molecular weight excluding hydrogens is 262 g/mol. The molecule has 2 N–H and O–H groups in total. The van der Waals surface area contributed by atoms with Gasteiger partial charge in [-0.1, -0.05) is 12.1 Å². The summed E-state index contributed by atoms with van der Waals surface area (Å²) in [7, 11) is 0. The molecule has 4 heteroatoms. The summed E-state index contributed by atoms with van der Waals surface area (Å²) in [4.78, 5) is 12.3. The number of rotatable bonds is 3. The summed E-state index contributed by atoms with van der Waals surface area (Å²) in [5.74, 6) is 0.502. The first-order valence-electron chi connectivity index (χ1n) is 7.71. The smallest absolute Gasteiger partial charge is 0.224 e. The zero-order valence-corrected chi connectivity index (χ0v) is 12.4. The van der Waals surface area contributed by atoms with E-state index < -0.39 is 0 Å². The Balaban J connectivity index is 1.62. The van der Waals surface area contributed by atoms with Gasteiger partial charge in [0.05, 0.1) is 11.3 Å². The zero-order chi connectivity index (χ0) is 14.8. The van der Waals surface area contributed by atoms with Crippen LogP contribution in [-0.4, -0.2) is 18.0 Å². The van der Waals surface area contributed by atoms with Crippen molar-refractivity contribution < 1.29 is 4.79 Å². The molecule has 1 amide bonds. The van der Waals surface area contributed by atoms with Crippen molar-refractivity contribution >= 4 is 11.6 Å². The Morgan fingerprint density at radius 3 is 2.76 bits per heavy atom. The van der Waals surface area contributed by atoms with Crippen molar-refractivity contribution in [2.75, 3.05) is 5.32 Å². The van der Waals surface area contributed by atoms with Gasteiger partial charge in [-0.15, -0.1) is 0 Å². The van der Waals surface area contributed by atoms with Crippen LogP contribution in [0.4, 0.5) is 5.69 Å². The third kappa shape index (κ3) is 3.08. The van der Waals surface area contributed by atoms with Crippen molar-refractivity contribution in [2.45, 2.75) is 51.1 Å². The minimum Gasteiger partial charge on any atom is -0.325 e. The highest BCUT2D eigenvalue weighted by Crippen LogP contribution is 2.33. The molecule has 2 saturated heterocycles. The normalized spacial score (nSPS) is 27.1. The average Bonchev–Trinajstić information content (AvgIpc) is 2.78. The Morgan fingerprint density at radius 1 is 1.38 bits per heavy atom. The second kappa shape index (κ2) is 5.87. The van der Waals surface area contributed by atoms with Crippen LogP contribution in [0.1, 0.15) is 43.2 Å². The first-order valence-corrected chi connectivity index (χ1v) is 7.71. The molecule has 21 heavy (non-hydrogen) atoms. The molecular formula is C17H21N3O. The van der Waals surface area contributed by atoms with Gasteiger partial charge in [0.15, 0.2) is 0 Å². The number of nitriles is 1. The lowest BCUT2D eigenvalue weighted by atomic mass is 9.89. The summed E-state index contributed by atoms with van der Waals surface area (Å²) in [6.45, 7) is 1.89. The number of carbonyl (C=O) groups excluding carboxylic acids is 1. The van der Waals surface area contributed by atoms with E-state index in [0.29, 0.717) is 35.7 Å². The average molecular weight is 283 g/mol. The van der Waals surface area contributed by atoms with Crippen molar-refractivity contribution in [3.63, 3.8) is 0 Å². The Bertz CT molecular complexity index is 578. The van der Waals surface area contributed by atoms with Gasteiger partial charge in [-0.2, -0.15) is 5.26 Å². The summed E-state index contributed by atoms with van der Waals surface area (Å²) in [5, 5.41) is 15.7. The zero-order valence-electron chi connectivity index (χ0n) is 12.4. The molecule has 4 nitrogen and oxygen atoms in total. The first-order chi connectivity index (χ1) is 10.2. The van der Waals surface area contributed by atoms with Crippen LogP contribution < -0.4 is 10.6 Å². The highest BCUT2D eigenvalue weighted by molar-refractivity contribution is 5.92. The molecule has 2 unspecified atom stereocenters. The maximum absolute atomic E-state index is 12.3. The number of hydrogen-bond donors (Lipinski definition) is 2. The molecule has 1 aromatic rings. The van der Waals surface area contributed by atoms with Crippen molar-refractivity contribution in [1.29, 1.82) is 5.26 Å². The predicted octanol–water partition coefficient (Wildman–Crippen LogP) is 2.73. The van der Waals surface area contributed by atoms with E-state index in [2.05, 4.69) is 16.7 Å². The molecule has 1 aromatic carbocycles. The van der Waals surface area contributed by atoms with E-state index in [0.717, 1.165) is 18.4 Å². The van der Waals surface area contributed by atoms with Crippen molar-refractivity contribution in [2.24, 2.45) is 5.92 Å². The molecule has 2 atom stereocenters. The van der Waals surface area contributed by atoms with Crippen molar-refractivity contribution in [3.05, 3.63) is 29.3 Å². The molecule has 2 bridgehead atoms. The Kier molecular flexibility index (Phi) is 3.94. The number of carbonyl (C=O) groups is 1. The highest BCUT2D eigenvalue weighted by atomic mass is 16.1. The number of nitrogens with one attached hydrogen (secondary N) is 2. The number of benzene rings is 1. The number of aryl methyl sites for hydroxylation is 1. The van der Waals surface area contributed by atoms with Gasteiger partial charge in [-0.3, -0.25) is 4.79 Å². The van der Waals surface area contributed by atoms with E-state index in [1.165, 1.54) is 12.8 Å². The fourth-order valence-electron chi connectivity index (χ4n) is 3.73. The van der Waals surface area contributed by atoms with Crippen LogP contribution in [0.15, 0.2) is 18.2 Å². The van der Waals surface area contributed by atoms with E-state index in [1.54, 1.807) is 6.07 Å². The molecule has 2 fully saturated rings. The topological polar surface area (TPSA) is 64.9 Å². The van der Waals surface area contributed by atoms with Gasteiger partial charge in [0.2, 0.25) is 5.91 Å². The van der Waals surface area contributed by atoms with E-state index in [9.17, 15) is 10.1 Å². The summed E-state index contributed by atoms with van der Waals surface area (Å²) < 4.78 is 0. The van der Waals surface area contributed by atoms with Crippen molar-refractivity contribution in [1.82, 2.24) is 5.32 Å². The molecule has 0 spiro atoms. The maximum atomic E-state index is 12.3. The fraction of sp³-hybridized carbons (Fsp3) is 0.529. The van der Waals surface area contributed by atoms with E-state index >= 15 is 0 Å². The van der Waals surface area contributed by atoms with Gasteiger partial charge >= 0.3 is 0 Å². The largest absolute Gasteiger partial charge is 0.325 e. The third-order valence-electron chi connectivity index (χ3n) is 4.70. The molecule has 0 aromatic heterocycles.